The molecule has 0 aliphatic carbocycles. The Kier molecular flexibility index (Phi) is 3.99. The number of rotatable bonds is 3. The van der Waals surface area contributed by atoms with Gasteiger partial charge in [0.05, 0.1) is 19.3 Å². The van der Waals surface area contributed by atoms with Crippen LogP contribution >= 0.6 is 0 Å². The zero-order chi connectivity index (χ0) is 13.1. The minimum absolute atomic E-state index is 0.0517. The molecule has 98 valence electrons. The Morgan fingerprint density at radius 2 is 2.17 bits per heavy atom. The van der Waals surface area contributed by atoms with E-state index in [1.807, 2.05) is 32.0 Å². The fraction of sp³-hybridized carbons (Fsp3) is 0.500. The van der Waals surface area contributed by atoms with E-state index in [0.717, 1.165) is 11.1 Å². The zero-order valence-corrected chi connectivity index (χ0v) is 10.8. The fourth-order valence-electron chi connectivity index (χ4n) is 2.03. The molecular formula is C14H19NO3. The van der Waals surface area contributed by atoms with Crippen LogP contribution in [-0.2, 0) is 9.53 Å². The molecule has 18 heavy (non-hydrogen) atoms. The Balaban J connectivity index is 2.04. The number of morpholine rings is 1. The summed E-state index contributed by atoms with van der Waals surface area (Å²) in [5.74, 6) is -0.0517. The summed E-state index contributed by atoms with van der Waals surface area (Å²) in [6.45, 7) is 5.62. The SMILES string of the molecule is Cc1ccc(C(O)CN2CCOCC2=O)cc1C. The highest BCUT2D eigenvalue weighted by Gasteiger charge is 2.21. The van der Waals surface area contributed by atoms with Crippen molar-refractivity contribution in [3.63, 3.8) is 0 Å². The third-order valence-electron chi connectivity index (χ3n) is 3.39. The maximum Gasteiger partial charge on any atom is 0.248 e. The first-order chi connectivity index (χ1) is 8.58. The van der Waals surface area contributed by atoms with E-state index in [9.17, 15) is 9.90 Å². The molecule has 1 aliphatic heterocycles. The van der Waals surface area contributed by atoms with E-state index in [0.29, 0.717) is 19.7 Å². The Morgan fingerprint density at radius 1 is 1.39 bits per heavy atom. The predicted molar refractivity (Wildman–Crippen MR) is 68.3 cm³/mol. The topological polar surface area (TPSA) is 49.8 Å². The van der Waals surface area contributed by atoms with Crippen molar-refractivity contribution in [2.75, 3.05) is 26.3 Å². The van der Waals surface area contributed by atoms with E-state index in [-0.39, 0.29) is 12.5 Å². The molecule has 1 heterocycles. The molecule has 1 saturated heterocycles. The number of aliphatic hydroxyl groups excluding tert-OH is 1. The summed E-state index contributed by atoms with van der Waals surface area (Å²) >= 11 is 0. The third-order valence-corrected chi connectivity index (χ3v) is 3.39. The van der Waals surface area contributed by atoms with Crippen molar-refractivity contribution in [1.29, 1.82) is 0 Å². The second-order valence-electron chi connectivity index (χ2n) is 4.75. The molecule has 1 N–H and O–H groups in total. The van der Waals surface area contributed by atoms with Crippen LogP contribution in [0, 0.1) is 13.8 Å². The number of carbonyl (C=O) groups excluding carboxylic acids is 1. The number of benzene rings is 1. The van der Waals surface area contributed by atoms with Gasteiger partial charge < -0.3 is 14.7 Å². The summed E-state index contributed by atoms with van der Waals surface area (Å²) in [6, 6.07) is 5.89. The first-order valence-corrected chi connectivity index (χ1v) is 6.18. The number of amides is 1. The van der Waals surface area contributed by atoms with Crippen LogP contribution in [-0.4, -0.2) is 42.2 Å². The highest BCUT2D eigenvalue weighted by Crippen LogP contribution is 2.18. The van der Waals surface area contributed by atoms with Gasteiger partial charge in [-0.1, -0.05) is 18.2 Å². The molecule has 4 heteroatoms. The molecule has 4 nitrogen and oxygen atoms in total. The average molecular weight is 249 g/mol. The number of hydrogen-bond acceptors (Lipinski definition) is 3. The summed E-state index contributed by atoms with van der Waals surface area (Å²) in [4.78, 5) is 13.2. The maximum atomic E-state index is 11.6. The van der Waals surface area contributed by atoms with E-state index in [2.05, 4.69) is 0 Å². The number of hydrogen-bond donors (Lipinski definition) is 1. The van der Waals surface area contributed by atoms with E-state index >= 15 is 0 Å². The van der Waals surface area contributed by atoms with Gasteiger partial charge in [0.1, 0.15) is 6.61 Å². The molecule has 2 rings (SSSR count). The fourth-order valence-corrected chi connectivity index (χ4v) is 2.03. The molecule has 1 aromatic rings. The Morgan fingerprint density at radius 3 is 2.83 bits per heavy atom. The zero-order valence-electron chi connectivity index (χ0n) is 10.8. The first-order valence-electron chi connectivity index (χ1n) is 6.18. The van der Waals surface area contributed by atoms with Gasteiger partial charge in [0.15, 0.2) is 0 Å². The third kappa shape index (κ3) is 2.89. The van der Waals surface area contributed by atoms with Crippen molar-refractivity contribution < 1.29 is 14.6 Å². The Bertz CT molecular complexity index is 445. The number of carbonyl (C=O) groups is 1. The molecule has 1 aromatic carbocycles. The normalized spacial score (nSPS) is 17.9. The van der Waals surface area contributed by atoms with Gasteiger partial charge in [0, 0.05) is 6.54 Å². The van der Waals surface area contributed by atoms with Gasteiger partial charge in [0.25, 0.3) is 0 Å². The highest BCUT2D eigenvalue weighted by molar-refractivity contribution is 5.78. The van der Waals surface area contributed by atoms with Crippen LogP contribution in [0.25, 0.3) is 0 Å². The highest BCUT2D eigenvalue weighted by atomic mass is 16.5. The van der Waals surface area contributed by atoms with Crippen LogP contribution in [0.4, 0.5) is 0 Å². The molecule has 1 amide bonds. The minimum Gasteiger partial charge on any atom is -0.387 e. The molecule has 1 unspecified atom stereocenters. The average Bonchev–Trinajstić information content (AvgIpc) is 2.35. The lowest BCUT2D eigenvalue weighted by molar-refractivity contribution is -0.144. The summed E-state index contributed by atoms with van der Waals surface area (Å²) < 4.78 is 5.06. The maximum absolute atomic E-state index is 11.6. The van der Waals surface area contributed by atoms with Crippen molar-refractivity contribution >= 4 is 5.91 Å². The largest absolute Gasteiger partial charge is 0.387 e. The van der Waals surface area contributed by atoms with Crippen molar-refractivity contribution in [3.8, 4) is 0 Å². The van der Waals surface area contributed by atoms with Crippen LogP contribution in [0.2, 0.25) is 0 Å². The Labute approximate surface area is 107 Å². The standard InChI is InChI=1S/C14H19NO3/c1-10-3-4-12(7-11(10)2)13(16)8-15-5-6-18-9-14(15)17/h3-4,7,13,16H,5-6,8-9H2,1-2H3. The lowest BCUT2D eigenvalue weighted by Crippen LogP contribution is -2.43. The van der Waals surface area contributed by atoms with Crippen molar-refractivity contribution in [2.45, 2.75) is 20.0 Å². The number of β-amino-alcohol motifs (C(OH)–C–C–N with tert-alkyl or cyclic N) is 1. The van der Waals surface area contributed by atoms with Gasteiger partial charge in [-0.05, 0) is 30.5 Å². The van der Waals surface area contributed by atoms with Crippen molar-refractivity contribution in [3.05, 3.63) is 34.9 Å². The van der Waals surface area contributed by atoms with E-state index < -0.39 is 6.10 Å². The van der Waals surface area contributed by atoms with Crippen LogP contribution in [0.15, 0.2) is 18.2 Å². The molecule has 0 saturated carbocycles. The number of ether oxygens (including phenoxy) is 1. The van der Waals surface area contributed by atoms with Gasteiger partial charge in [0.2, 0.25) is 5.91 Å². The number of aliphatic hydroxyl groups is 1. The smallest absolute Gasteiger partial charge is 0.248 e. The lowest BCUT2D eigenvalue weighted by Gasteiger charge is -2.29. The molecule has 0 bridgehead atoms. The van der Waals surface area contributed by atoms with Gasteiger partial charge >= 0.3 is 0 Å². The number of nitrogens with zero attached hydrogens (tertiary/aromatic N) is 1. The second-order valence-corrected chi connectivity index (χ2v) is 4.75. The Hall–Kier alpha value is -1.39. The van der Waals surface area contributed by atoms with E-state index in [1.165, 1.54) is 5.56 Å². The second kappa shape index (κ2) is 5.50. The van der Waals surface area contributed by atoms with Gasteiger partial charge in [-0.15, -0.1) is 0 Å². The molecule has 0 aromatic heterocycles. The van der Waals surface area contributed by atoms with Crippen LogP contribution in [0.5, 0.6) is 0 Å². The van der Waals surface area contributed by atoms with Gasteiger partial charge in [-0.3, -0.25) is 4.79 Å². The monoisotopic (exact) mass is 249 g/mol. The molecule has 0 radical (unpaired) electrons. The summed E-state index contributed by atoms with van der Waals surface area (Å²) in [5.41, 5.74) is 3.21. The van der Waals surface area contributed by atoms with Crippen LogP contribution in [0.1, 0.15) is 22.8 Å². The molecular weight excluding hydrogens is 230 g/mol. The summed E-state index contributed by atoms with van der Waals surface area (Å²) in [6.07, 6.45) is -0.633. The molecule has 1 aliphatic rings. The first kappa shape index (κ1) is 13.1. The van der Waals surface area contributed by atoms with Crippen LogP contribution < -0.4 is 0 Å². The summed E-state index contributed by atoms with van der Waals surface area (Å²) in [7, 11) is 0. The lowest BCUT2D eigenvalue weighted by atomic mass is 10.0. The molecule has 1 atom stereocenters. The predicted octanol–water partition coefficient (Wildman–Crippen LogP) is 1.20. The van der Waals surface area contributed by atoms with Crippen LogP contribution in [0.3, 0.4) is 0 Å². The summed E-state index contributed by atoms with van der Waals surface area (Å²) in [5, 5.41) is 10.2. The van der Waals surface area contributed by atoms with Crippen molar-refractivity contribution in [2.24, 2.45) is 0 Å². The van der Waals surface area contributed by atoms with E-state index in [4.69, 9.17) is 4.74 Å². The minimum atomic E-state index is -0.633. The molecule has 1 fully saturated rings. The van der Waals surface area contributed by atoms with E-state index in [1.54, 1.807) is 4.90 Å². The molecule has 0 spiro atoms. The van der Waals surface area contributed by atoms with Gasteiger partial charge in [-0.25, -0.2) is 0 Å². The van der Waals surface area contributed by atoms with Gasteiger partial charge in [-0.2, -0.15) is 0 Å². The quantitative estimate of drug-likeness (QED) is 0.875. The number of aryl methyl sites for hydroxylation is 2. The van der Waals surface area contributed by atoms with Crippen molar-refractivity contribution in [1.82, 2.24) is 4.90 Å².